The molecule has 0 aliphatic rings. The summed E-state index contributed by atoms with van der Waals surface area (Å²) in [4.78, 5) is 10.6. The second kappa shape index (κ2) is 4.59. The van der Waals surface area contributed by atoms with Gasteiger partial charge in [-0.1, -0.05) is 24.6 Å². The molecule has 0 amide bonds. The number of benzene rings is 1. The maximum Gasteiger partial charge on any atom is 0.325 e. The van der Waals surface area contributed by atoms with Crippen molar-refractivity contribution in [2.45, 2.75) is 19.4 Å². The SMILES string of the molecule is CCc1cc(C(N)C(=O)O)cc(Cl)c1F. The van der Waals surface area contributed by atoms with Crippen molar-refractivity contribution in [3.63, 3.8) is 0 Å². The molecule has 0 aliphatic carbocycles. The standard InChI is InChI=1S/C10H11ClFNO2/c1-2-5-3-6(9(13)10(14)15)4-7(11)8(5)12/h3-4,9H,2,13H2,1H3,(H,14,15). The molecule has 0 radical (unpaired) electrons. The number of nitrogens with two attached hydrogens (primary N) is 1. The first kappa shape index (κ1) is 11.9. The molecule has 15 heavy (non-hydrogen) atoms. The van der Waals surface area contributed by atoms with Gasteiger partial charge < -0.3 is 10.8 Å². The molecule has 3 nitrogen and oxygen atoms in total. The Morgan fingerprint density at radius 2 is 2.27 bits per heavy atom. The Balaban J connectivity index is 3.22. The summed E-state index contributed by atoms with van der Waals surface area (Å²) in [6.07, 6.45) is 0.436. The van der Waals surface area contributed by atoms with Crippen molar-refractivity contribution in [2.75, 3.05) is 0 Å². The molecule has 0 saturated heterocycles. The van der Waals surface area contributed by atoms with Crippen LogP contribution < -0.4 is 5.73 Å². The van der Waals surface area contributed by atoms with Crippen LogP contribution in [0.3, 0.4) is 0 Å². The summed E-state index contributed by atoms with van der Waals surface area (Å²) < 4.78 is 13.3. The Morgan fingerprint density at radius 1 is 1.67 bits per heavy atom. The van der Waals surface area contributed by atoms with Gasteiger partial charge in [0.1, 0.15) is 11.9 Å². The van der Waals surface area contributed by atoms with Gasteiger partial charge in [0.2, 0.25) is 0 Å². The number of aliphatic carboxylic acids is 1. The van der Waals surface area contributed by atoms with Crippen molar-refractivity contribution in [1.82, 2.24) is 0 Å². The molecule has 1 rings (SSSR count). The van der Waals surface area contributed by atoms with Crippen LogP contribution in [0.2, 0.25) is 5.02 Å². The van der Waals surface area contributed by atoms with E-state index in [4.69, 9.17) is 22.4 Å². The van der Waals surface area contributed by atoms with Crippen LogP contribution in [-0.4, -0.2) is 11.1 Å². The van der Waals surface area contributed by atoms with Crippen LogP contribution in [0, 0.1) is 5.82 Å². The van der Waals surface area contributed by atoms with Gasteiger partial charge in [0, 0.05) is 0 Å². The third-order valence-corrected chi connectivity index (χ3v) is 2.41. The van der Waals surface area contributed by atoms with E-state index in [1.807, 2.05) is 0 Å². The zero-order valence-corrected chi connectivity index (χ0v) is 8.88. The molecular formula is C10H11ClFNO2. The Labute approximate surface area is 91.7 Å². The molecule has 1 aromatic rings. The number of carbonyl (C=O) groups is 1. The van der Waals surface area contributed by atoms with Crippen LogP contribution in [0.5, 0.6) is 0 Å². The van der Waals surface area contributed by atoms with Crippen molar-refractivity contribution < 1.29 is 14.3 Å². The number of hydrogen-bond donors (Lipinski definition) is 2. The van der Waals surface area contributed by atoms with Gasteiger partial charge >= 0.3 is 5.97 Å². The van der Waals surface area contributed by atoms with Gasteiger partial charge in [-0.25, -0.2) is 4.39 Å². The Kier molecular flexibility index (Phi) is 3.66. The number of rotatable bonds is 3. The van der Waals surface area contributed by atoms with Crippen LogP contribution in [0.4, 0.5) is 4.39 Å². The van der Waals surface area contributed by atoms with Crippen LogP contribution in [0.1, 0.15) is 24.1 Å². The second-order valence-electron chi connectivity index (χ2n) is 3.15. The number of halogens is 2. The monoisotopic (exact) mass is 231 g/mol. The average Bonchev–Trinajstić information content (AvgIpc) is 2.20. The van der Waals surface area contributed by atoms with Crippen LogP contribution in [-0.2, 0) is 11.2 Å². The first-order chi connectivity index (χ1) is 6.97. The van der Waals surface area contributed by atoms with Crippen LogP contribution in [0.25, 0.3) is 0 Å². The maximum absolute atomic E-state index is 13.3. The van der Waals surface area contributed by atoms with E-state index < -0.39 is 17.8 Å². The number of carboxylic acid groups (broad SMARTS) is 1. The zero-order chi connectivity index (χ0) is 11.6. The van der Waals surface area contributed by atoms with E-state index in [0.717, 1.165) is 0 Å². The van der Waals surface area contributed by atoms with Crippen molar-refractivity contribution >= 4 is 17.6 Å². The third kappa shape index (κ3) is 2.46. The van der Waals surface area contributed by atoms with Crippen molar-refractivity contribution in [2.24, 2.45) is 5.73 Å². The fourth-order valence-corrected chi connectivity index (χ4v) is 1.50. The highest BCUT2D eigenvalue weighted by molar-refractivity contribution is 6.30. The number of carboxylic acids is 1. The molecule has 3 N–H and O–H groups in total. The summed E-state index contributed by atoms with van der Waals surface area (Å²) in [7, 11) is 0. The topological polar surface area (TPSA) is 63.3 Å². The minimum atomic E-state index is -1.17. The highest BCUT2D eigenvalue weighted by Crippen LogP contribution is 2.24. The second-order valence-corrected chi connectivity index (χ2v) is 3.55. The van der Waals surface area contributed by atoms with Crippen LogP contribution >= 0.6 is 11.6 Å². The minimum Gasteiger partial charge on any atom is -0.480 e. The summed E-state index contributed by atoms with van der Waals surface area (Å²) in [5.41, 5.74) is 6.08. The molecule has 0 aromatic heterocycles. The predicted octanol–water partition coefficient (Wildman–Crippen LogP) is 2.13. The lowest BCUT2D eigenvalue weighted by atomic mass is 10.0. The van der Waals surface area contributed by atoms with E-state index in [9.17, 15) is 9.18 Å². The molecular weight excluding hydrogens is 221 g/mol. The van der Waals surface area contributed by atoms with Crippen molar-refractivity contribution in [1.29, 1.82) is 0 Å². The molecule has 5 heteroatoms. The zero-order valence-electron chi connectivity index (χ0n) is 8.13. The fraction of sp³-hybridized carbons (Fsp3) is 0.300. The molecule has 1 unspecified atom stereocenters. The Hall–Kier alpha value is -1.13. The largest absolute Gasteiger partial charge is 0.480 e. The molecule has 0 fully saturated rings. The Morgan fingerprint density at radius 3 is 2.73 bits per heavy atom. The normalized spacial score (nSPS) is 12.5. The fourth-order valence-electron chi connectivity index (χ4n) is 1.25. The van der Waals surface area contributed by atoms with E-state index in [1.54, 1.807) is 6.92 Å². The Bertz CT molecular complexity index is 395. The smallest absolute Gasteiger partial charge is 0.325 e. The molecule has 1 aromatic carbocycles. The maximum atomic E-state index is 13.3. The third-order valence-electron chi connectivity index (χ3n) is 2.13. The molecule has 82 valence electrons. The summed E-state index contributed by atoms with van der Waals surface area (Å²) in [6.45, 7) is 1.75. The number of aryl methyl sites for hydroxylation is 1. The van der Waals surface area contributed by atoms with Gasteiger partial charge in [-0.2, -0.15) is 0 Å². The van der Waals surface area contributed by atoms with Gasteiger partial charge in [0.05, 0.1) is 5.02 Å². The summed E-state index contributed by atoms with van der Waals surface area (Å²) >= 11 is 5.62. The number of hydrogen-bond acceptors (Lipinski definition) is 2. The first-order valence-corrected chi connectivity index (χ1v) is 4.81. The highest BCUT2D eigenvalue weighted by Gasteiger charge is 2.17. The lowest BCUT2D eigenvalue weighted by molar-refractivity contribution is -0.138. The molecule has 0 spiro atoms. The molecule has 0 bridgehead atoms. The van der Waals surface area contributed by atoms with Crippen molar-refractivity contribution in [3.8, 4) is 0 Å². The first-order valence-electron chi connectivity index (χ1n) is 4.43. The van der Waals surface area contributed by atoms with E-state index in [2.05, 4.69) is 0 Å². The summed E-state index contributed by atoms with van der Waals surface area (Å²) in [6, 6.07) is 1.50. The van der Waals surface area contributed by atoms with E-state index in [-0.39, 0.29) is 5.02 Å². The summed E-state index contributed by atoms with van der Waals surface area (Å²) in [5.74, 6) is -1.68. The average molecular weight is 232 g/mol. The van der Waals surface area contributed by atoms with Gasteiger partial charge in [0.15, 0.2) is 0 Å². The molecule has 0 saturated carbocycles. The highest BCUT2D eigenvalue weighted by atomic mass is 35.5. The minimum absolute atomic E-state index is 0.0962. The van der Waals surface area contributed by atoms with Gasteiger partial charge in [-0.3, -0.25) is 4.79 Å². The van der Waals surface area contributed by atoms with Crippen molar-refractivity contribution in [3.05, 3.63) is 34.1 Å². The predicted molar refractivity (Wildman–Crippen MR) is 55.4 cm³/mol. The summed E-state index contributed by atoms with van der Waals surface area (Å²) in [5, 5.41) is 8.60. The van der Waals surface area contributed by atoms with Gasteiger partial charge in [0.25, 0.3) is 0 Å². The lowest BCUT2D eigenvalue weighted by Crippen LogP contribution is -2.21. The van der Waals surface area contributed by atoms with Gasteiger partial charge in [-0.05, 0) is 23.6 Å². The quantitative estimate of drug-likeness (QED) is 0.838. The van der Waals surface area contributed by atoms with Crippen LogP contribution in [0.15, 0.2) is 12.1 Å². The lowest BCUT2D eigenvalue weighted by Gasteiger charge is -2.10. The molecule has 0 heterocycles. The molecule has 0 aliphatic heterocycles. The van der Waals surface area contributed by atoms with E-state index in [0.29, 0.717) is 17.5 Å². The molecule has 1 atom stereocenters. The van der Waals surface area contributed by atoms with E-state index in [1.165, 1.54) is 12.1 Å². The van der Waals surface area contributed by atoms with Gasteiger partial charge in [-0.15, -0.1) is 0 Å². The van der Waals surface area contributed by atoms with E-state index >= 15 is 0 Å².